The van der Waals surface area contributed by atoms with Gasteiger partial charge in [0.05, 0.1) is 0 Å². The van der Waals surface area contributed by atoms with E-state index in [9.17, 15) is 0 Å². The summed E-state index contributed by atoms with van der Waals surface area (Å²) in [6, 6.07) is 1.92. The third-order valence-electron chi connectivity index (χ3n) is 3.70. The van der Waals surface area contributed by atoms with E-state index in [0.717, 1.165) is 18.5 Å². The minimum atomic E-state index is 0.522. The van der Waals surface area contributed by atoms with Gasteiger partial charge in [-0.2, -0.15) is 0 Å². The van der Waals surface area contributed by atoms with Gasteiger partial charge in [0.15, 0.2) is 0 Å². The van der Waals surface area contributed by atoms with Crippen LogP contribution in [-0.2, 0) is 0 Å². The minimum absolute atomic E-state index is 0.522. The maximum atomic E-state index is 3.89. The van der Waals surface area contributed by atoms with Gasteiger partial charge in [-0.15, -0.1) is 6.58 Å². The highest BCUT2D eigenvalue weighted by Gasteiger charge is 2.36. The number of hydrogen-bond acceptors (Lipinski definition) is 2. The monoisotopic (exact) mass is 194 g/mol. The van der Waals surface area contributed by atoms with Crippen molar-refractivity contribution in [1.82, 2.24) is 10.2 Å². The Morgan fingerprint density at radius 1 is 1.50 bits per heavy atom. The van der Waals surface area contributed by atoms with Crippen LogP contribution in [-0.4, -0.2) is 36.1 Å². The van der Waals surface area contributed by atoms with E-state index in [2.05, 4.69) is 36.7 Å². The molecule has 1 saturated carbocycles. The SMILES string of the molecule is C=CC(C)N1CC(C2CC2)NCC1C. The molecular weight excluding hydrogens is 172 g/mol. The van der Waals surface area contributed by atoms with E-state index in [1.54, 1.807) is 0 Å². The Kier molecular flexibility index (Phi) is 2.93. The fraction of sp³-hybridized carbons (Fsp3) is 0.833. The van der Waals surface area contributed by atoms with Crippen molar-refractivity contribution >= 4 is 0 Å². The van der Waals surface area contributed by atoms with E-state index in [1.807, 2.05) is 0 Å². The summed E-state index contributed by atoms with van der Waals surface area (Å²) in [5.41, 5.74) is 0. The van der Waals surface area contributed by atoms with Crippen molar-refractivity contribution in [2.24, 2.45) is 5.92 Å². The first kappa shape index (κ1) is 10.2. The standard InChI is InChI=1S/C12H22N2/c1-4-9(2)14-8-12(11-5-6-11)13-7-10(14)3/h4,9-13H,1,5-8H2,2-3H3. The van der Waals surface area contributed by atoms with Crippen LogP contribution in [0.25, 0.3) is 0 Å². The molecule has 3 atom stereocenters. The zero-order valence-corrected chi connectivity index (χ0v) is 9.37. The van der Waals surface area contributed by atoms with Crippen molar-refractivity contribution in [1.29, 1.82) is 0 Å². The summed E-state index contributed by atoms with van der Waals surface area (Å²) in [6.45, 7) is 10.8. The van der Waals surface area contributed by atoms with Crippen molar-refractivity contribution in [3.05, 3.63) is 12.7 Å². The average Bonchev–Trinajstić information content (AvgIpc) is 3.01. The molecule has 2 fully saturated rings. The van der Waals surface area contributed by atoms with E-state index in [1.165, 1.54) is 19.4 Å². The molecule has 2 nitrogen and oxygen atoms in total. The predicted molar refractivity (Wildman–Crippen MR) is 60.3 cm³/mol. The molecule has 0 spiro atoms. The van der Waals surface area contributed by atoms with Crippen LogP contribution in [0.15, 0.2) is 12.7 Å². The molecule has 80 valence electrons. The van der Waals surface area contributed by atoms with E-state index in [4.69, 9.17) is 0 Å². The third-order valence-corrected chi connectivity index (χ3v) is 3.70. The summed E-state index contributed by atoms with van der Waals surface area (Å²) in [5.74, 6) is 0.960. The lowest BCUT2D eigenvalue weighted by Gasteiger charge is -2.41. The molecule has 1 N–H and O–H groups in total. The van der Waals surface area contributed by atoms with Crippen LogP contribution < -0.4 is 5.32 Å². The van der Waals surface area contributed by atoms with Gasteiger partial charge in [-0.1, -0.05) is 6.08 Å². The Morgan fingerprint density at radius 3 is 2.79 bits per heavy atom. The van der Waals surface area contributed by atoms with Crippen LogP contribution in [0.2, 0.25) is 0 Å². The molecule has 3 unspecified atom stereocenters. The fourth-order valence-electron chi connectivity index (χ4n) is 2.43. The topological polar surface area (TPSA) is 15.3 Å². The van der Waals surface area contributed by atoms with Crippen molar-refractivity contribution in [3.8, 4) is 0 Å². The Morgan fingerprint density at radius 2 is 2.21 bits per heavy atom. The fourth-order valence-corrected chi connectivity index (χ4v) is 2.43. The lowest BCUT2D eigenvalue weighted by molar-refractivity contribution is 0.112. The Labute approximate surface area is 87.4 Å². The second kappa shape index (κ2) is 4.03. The summed E-state index contributed by atoms with van der Waals surface area (Å²) < 4.78 is 0. The number of nitrogens with zero attached hydrogens (tertiary/aromatic N) is 1. The number of piperazine rings is 1. The molecule has 1 heterocycles. The molecule has 0 aromatic heterocycles. The molecule has 1 aliphatic carbocycles. The maximum absolute atomic E-state index is 3.89. The minimum Gasteiger partial charge on any atom is -0.311 e. The average molecular weight is 194 g/mol. The Balaban J connectivity index is 1.95. The zero-order valence-electron chi connectivity index (χ0n) is 9.37. The number of hydrogen-bond donors (Lipinski definition) is 1. The lowest BCUT2D eigenvalue weighted by atomic mass is 10.0. The molecule has 2 aliphatic rings. The van der Waals surface area contributed by atoms with Crippen molar-refractivity contribution < 1.29 is 0 Å². The first-order valence-corrected chi connectivity index (χ1v) is 5.84. The predicted octanol–water partition coefficient (Wildman–Crippen LogP) is 1.63. The normalized spacial score (nSPS) is 36.7. The van der Waals surface area contributed by atoms with Crippen LogP contribution in [0.1, 0.15) is 26.7 Å². The smallest absolute Gasteiger partial charge is 0.0251 e. The molecule has 2 heteroatoms. The van der Waals surface area contributed by atoms with Gasteiger partial charge in [0, 0.05) is 31.2 Å². The van der Waals surface area contributed by atoms with E-state index in [0.29, 0.717) is 12.1 Å². The van der Waals surface area contributed by atoms with Crippen LogP contribution in [0, 0.1) is 5.92 Å². The zero-order chi connectivity index (χ0) is 10.1. The second-order valence-electron chi connectivity index (χ2n) is 4.87. The largest absolute Gasteiger partial charge is 0.311 e. The Hall–Kier alpha value is -0.340. The van der Waals surface area contributed by atoms with E-state index < -0.39 is 0 Å². The molecule has 1 aliphatic heterocycles. The van der Waals surface area contributed by atoms with Gasteiger partial charge >= 0.3 is 0 Å². The highest BCUT2D eigenvalue weighted by atomic mass is 15.2. The third kappa shape index (κ3) is 2.01. The van der Waals surface area contributed by atoms with Gasteiger partial charge in [0.1, 0.15) is 0 Å². The van der Waals surface area contributed by atoms with Gasteiger partial charge in [0.2, 0.25) is 0 Å². The second-order valence-corrected chi connectivity index (χ2v) is 4.87. The van der Waals surface area contributed by atoms with E-state index in [-0.39, 0.29) is 0 Å². The van der Waals surface area contributed by atoms with Crippen LogP contribution in [0.5, 0.6) is 0 Å². The first-order valence-electron chi connectivity index (χ1n) is 5.84. The van der Waals surface area contributed by atoms with Gasteiger partial charge in [-0.05, 0) is 32.6 Å². The lowest BCUT2D eigenvalue weighted by Crippen LogP contribution is -2.58. The molecule has 1 saturated heterocycles. The van der Waals surface area contributed by atoms with E-state index >= 15 is 0 Å². The summed E-state index contributed by atoms with van der Waals surface area (Å²) >= 11 is 0. The Bertz CT molecular complexity index is 210. The molecule has 0 aromatic rings. The van der Waals surface area contributed by atoms with Gasteiger partial charge in [-0.3, -0.25) is 4.90 Å². The number of nitrogens with one attached hydrogen (secondary N) is 1. The molecule has 0 aromatic carbocycles. The molecule has 0 bridgehead atoms. The summed E-state index contributed by atoms with van der Waals surface area (Å²) in [6.07, 6.45) is 4.93. The molecule has 0 amide bonds. The molecule has 14 heavy (non-hydrogen) atoms. The number of rotatable bonds is 3. The first-order chi connectivity index (χ1) is 6.72. The molecule has 2 rings (SSSR count). The molecular formula is C12H22N2. The van der Waals surface area contributed by atoms with Crippen LogP contribution >= 0.6 is 0 Å². The van der Waals surface area contributed by atoms with Gasteiger partial charge in [0.25, 0.3) is 0 Å². The summed E-state index contributed by atoms with van der Waals surface area (Å²) in [4.78, 5) is 2.58. The highest BCUT2D eigenvalue weighted by Crippen LogP contribution is 2.34. The van der Waals surface area contributed by atoms with Gasteiger partial charge in [-0.25, -0.2) is 0 Å². The maximum Gasteiger partial charge on any atom is 0.0251 e. The van der Waals surface area contributed by atoms with Crippen molar-refractivity contribution in [3.63, 3.8) is 0 Å². The highest BCUT2D eigenvalue weighted by molar-refractivity contribution is 4.97. The quantitative estimate of drug-likeness (QED) is 0.687. The van der Waals surface area contributed by atoms with Crippen molar-refractivity contribution in [2.75, 3.05) is 13.1 Å². The van der Waals surface area contributed by atoms with Crippen LogP contribution in [0.3, 0.4) is 0 Å². The summed E-state index contributed by atoms with van der Waals surface area (Å²) in [7, 11) is 0. The van der Waals surface area contributed by atoms with Gasteiger partial charge < -0.3 is 5.32 Å². The van der Waals surface area contributed by atoms with Crippen LogP contribution in [0.4, 0.5) is 0 Å². The van der Waals surface area contributed by atoms with Crippen molar-refractivity contribution in [2.45, 2.75) is 44.8 Å². The molecule has 0 radical (unpaired) electrons. The summed E-state index contributed by atoms with van der Waals surface area (Å²) in [5, 5.41) is 3.66.